The van der Waals surface area contributed by atoms with E-state index >= 15 is 0 Å². The standard InChI is InChI=1S/C19H20F3NO3.ClH/c20-19(21,22)26-17-8-4-1-5-13(17)11-16(24)14-6-2-3-7-15(14)18-12-23-9-10-25-18;/h1-8,16,18,23-24H,9-12H2;1H. The summed E-state index contributed by atoms with van der Waals surface area (Å²) in [6, 6.07) is 13.1. The molecule has 0 saturated carbocycles. The van der Waals surface area contributed by atoms with Crippen LogP contribution in [0.4, 0.5) is 13.2 Å². The maximum Gasteiger partial charge on any atom is 0.573 e. The molecule has 3 rings (SSSR count). The zero-order valence-electron chi connectivity index (χ0n) is 14.4. The fraction of sp³-hybridized carbons (Fsp3) is 0.368. The normalized spacial score (nSPS) is 18.4. The molecule has 1 heterocycles. The zero-order valence-corrected chi connectivity index (χ0v) is 15.2. The van der Waals surface area contributed by atoms with E-state index in [0.29, 0.717) is 18.7 Å². The largest absolute Gasteiger partial charge is 0.573 e. The van der Waals surface area contributed by atoms with E-state index in [1.807, 2.05) is 12.1 Å². The second-order valence-corrected chi connectivity index (χ2v) is 6.07. The van der Waals surface area contributed by atoms with Crippen molar-refractivity contribution in [1.82, 2.24) is 5.32 Å². The molecule has 0 radical (unpaired) electrons. The lowest BCUT2D eigenvalue weighted by atomic mass is 9.93. The van der Waals surface area contributed by atoms with E-state index < -0.39 is 12.5 Å². The van der Waals surface area contributed by atoms with Crippen LogP contribution < -0.4 is 10.1 Å². The zero-order chi connectivity index (χ0) is 18.6. The van der Waals surface area contributed by atoms with Crippen LogP contribution in [0.5, 0.6) is 5.75 Å². The van der Waals surface area contributed by atoms with E-state index in [0.717, 1.165) is 12.1 Å². The molecule has 0 aliphatic carbocycles. The third kappa shape index (κ3) is 5.84. The Morgan fingerprint density at radius 1 is 1.15 bits per heavy atom. The van der Waals surface area contributed by atoms with Gasteiger partial charge in [-0.25, -0.2) is 0 Å². The first-order valence-corrected chi connectivity index (χ1v) is 8.37. The van der Waals surface area contributed by atoms with E-state index in [1.54, 1.807) is 18.2 Å². The molecule has 2 unspecified atom stereocenters. The minimum absolute atomic E-state index is 0. The molecule has 1 saturated heterocycles. The molecule has 1 aliphatic rings. The number of benzene rings is 2. The highest BCUT2D eigenvalue weighted by molar-refractivity contribution is 5.85. The van der Waals surface area contributed by atoms with Crippen molar-refractivity contribution < 1.29 is 27.8 Å². The van der Waals surface area contributed by atoms with Gasteiger partial charge in [-0.05, 0) is 22.8 Å². The molecule has 1 aliphatic heterocycles. The van der Waals surface area contributed by atoms with Crippen molar-refractivity contribution in [1.29, 1.82) is 0 Å². The fourth-order valence-corrected chi connectivity index (χ4v) is 3.09. The Balaban J connectivity index is 0.00000261. The van der Waals surface area contributed by atoms with Gasteiger partial charge in [0.15, 0.2) is 0 Å². The van der Waals surface area contributed by atoms with E-state index in [4.69, 9.17) is 4.74 Å². The van der Waals surface area contributed by atoms with Gasteiger partial charge in [-0.1, -0.05) is 42.5 Å². The lowest BCUT2D eigenvalue weighted by Crippen LogP contribution is -2.34. The highest BCUT2D eigenvalue weighted by atomic mass is 35.5. The smallest absolute Gasteiger partial charge is 0.406 e. The van der Waals surface area contributed by atoms with E-state index in [9.17, 15) is 18.3 Å². The van der Waals surface area contributed by atoms with Crippen LogP contribution in [-0.4, -0.2) is 31.2 Å². The van der Waals surface area contributed by atoms with Gasteiger partial charge in [-0.2, -0.15) is 0 Å². The summed E-state index contributed by atoms with van der Waals surface area (Å²) in [6.45, 7) is 1.96. The van der Waals surface area contributed by atoms with Gasteiger partial charge in [0, 0.05) is 19.5 Å². The minimum Gasteiger partial charge on any atom is -0.406 e. The fourth-order valence-electron chi connectivity index (χ4n) is 3.09. The number of morpholine rings is 1. The molecule has 2 aromatic carbocycles. The first kappa shape index (κ1) is 21.5. The van der Waals surface area contributed by atoms with Crippen LogP contribution in [0.25, 0.3) is 0 Å². The number of hydrogen-bond donors (Lipinski definition) is 2. The number of halogens is 4. The Labute approximate surface area is 161 Å². The van der Waals surface area contributed by atoms with Crippen LogP contribution in [0.1, 0.15) is 28.9 Å². The second kappa shape index (κ2) is 9.41. The summed E-state index contributed by atoms with van der Waals surface area (Å²) in [7, 11) is 0. The van der Waals surface area contributed by atoms with Crippen molar-refractivity contribution in [3.8, 4) is 5.75 Å². The molecule has 0 bridgehead atoms. The van der Waals surface area contributed by atoms with E-state index in [1.165, 1.54) is 18.2 Å². The average Bonchev–Trinajstić information content (AvgIpc) is 2.63. The van der Waals surface area contributed by atoms with Crippen LogP contribution in [0, 0.1) is 0 Å². The van der Waals surface area contributed by atoms with Crippen LogP contribution in [0.15, 0.2) is 48.5 Å². The van der Waals surface area contributed by atoms with Gasteiger partial charge in [-0.15, -0.1) is 25.6 Å². The first-order chi connectivity index (χ1) is 12.4. The summed E-state index contributed by atoms with van der Waals surface area (Å²) in [5, 5.41) is 13.9. The monoisotopic (exact) mass is 403 g/mol. The summed E-state index contributed by atoms with van der Waals surface area (Å²) in [4.78, 5) is 0. The molecule has 0 aromatic heterocycles. The number of rotatable bonds is 5. The predicted octanol–water partition coefficient (Wildman–Crippen LogP) is 3.94. The highest BCUT2D eigenvalue weighted by Crippen LogP contribution is 2.32. The number of ether oxygens (including phenoxy) is 2. The molecule has 8 heteroatoms. The lowest BCUT2D eigenvalue weighted by molar-refractivity contribution is -0.275. The van der Waals surface area contributed by atoms with Gasteiger partial charge >= 0.3 is 6.36 Å². The number of alkyl halides is 3. The molecule has 2 atom stereocenters. The molecule has 2 aromatic rings. The number of aliphatic hydroxyl groups is 1. The summed E-state index contributed by atoms with van der Waals surface area (Å²) < 4.78 is 47.6. The number of nitrogens with one attached hydrogen (secondary N) is 1. The molecule has 1 fully saturated rings. The van der Waals surface area contributed by atoms with Crippen LogP contribution in [0.3, 0.4) is 0 Å². The molecule has 27 heavy (non-hydrogen) atoms. The summed E-state index contributed by atoms with van der Waals surface area (Å²) in [5.41, 5.74) is 1.76. The Bertz CT molecular complexity index is 736. The Morgan fingerprint density at radius 3 is 2.56 bits per heavy atom. The average molecular weight is 404 g/mol. The Kier molecular flexibility index (Phi) is 7.49. The molecule has 2 N–H and O–H groups in total. The topological polar surface area (TPSA) is 50.7 Å². The van der Waals surface area contributed by atoms with Crippen molar-refractivity contribution in [2.75, 3.05) is 19.7 Å². The van der Waals surface area contributed by atoms with Crippen molar-refractivity contribution in [2.45, 2.75) is 25.0 Å². The molecular weight excluding hydrogens is 383 g/mol. The number of aliphatic hydroxyl groups excluding tert-OH is 1. The number of para-hydroxylation sites is 1. The van der Waals surface area contributed by atoms with E-state index in [-0.39, 0.29) is 36.2 Å². The first-order valence-electron chi connectivity index (χ1n) is 8.37. The summed E-state index contributed by atoms with van der Waals surface area (Å²) in [5.74, 6) is -0.299. The van der Waals surface area contributed by atoms with Crippen LogP contribution in [0.2, 0.25) is 0 Å². The lowest BCUT2D eigenvalue weighted by Gasteiger charge is -2.27. The Hall–Kier alpha value is -1.80. The SMILES string of the molecule is Cl.OC(Cc1ccccc1OC(F)(F)F)c1ccccc1C1CNCCO1. The summed E-state index contributed by atoms with van der Waals surface area (Å²) in [6.07, 6.45) is -5.95. The minimum atomic E-state index is -4.78. The van der Waals surface area contributed by atoms with E-state index in [2.05, 4.69) is 10.1 Å². The molecule has 0 spiro atoms. The number of hydrogen-bond acceptors (Lipinski definition) is 4. The summed E-state index contributed by atoms with van der Waals surface area (Å²) >= 11 is 0. The van der Waals surface area contributed by atoms with Crippen LogP contribution in [-0.2, 0) is 11.2 Å². The van der Waals surface area contributed by atoms with Gasteiger partial charge < -0.3 is 19.9 Å². The van der Waals surface area contributed by atoms with Crippen molar-refractivity contribution in [2.24, 2.45) is 0 Å². The van der Waals surface area contributed by atoms with Crippen molar-refractivity contribution in [3.05, 3.63) is 65.2 Å². The quantitative estimate of drug-likeness (QED) is 0.794. The van der Waals surface area contributed by atoms with Crippen molar-refractivity contribution in [3.63, 3.8) is 0 Å². The molecule has 0 amide bonds. The van der Waals surface area contributed by atoms with Gasteiger partial charge in [0.2, 0.25) is 0 Å². The van der Waals surface area contributed by atoms with Crippen LogP contribution >= 0.6 is 12.4 Å². The second-order valence-electron chi connectivity index (χ2n) is 6.07. The molecular formula is C19H21ClF3NO3. The molecule has 4 nitrogen and oxygen atoms in total. The third-order valence-electron chi connectivity index (χ3n) is 4.24. The highest BCUT2D eigenvalue weighted by Gasteiger charge is 2.32. The third-order valence-corrected chi connectivity index (χ3v) is 4.24. The predicted molar refractivity (Wildman–Crippen MR) is 97.0 cm³/mol. The van der Waals surface area contributed by atoms with Crippen molar-refractivity contribution >= 4 is 12.4 Å². The van der Waals surface area contributed by atoms with Gasteiger partial charge in [0.05, 0.1) is 18.8 Å². The maximum absolute atomic E-state index is 12.6. The Morgan fingerprint density at radius 2 is 1.85 bits per heavy atom. The molecule has 148 valence electrons. The van der Waals surface area contributed by atoms with Gasteiger partial charge in [-0.3, -0.25) is 0 Å². The van der Waals surface area contributed by atoms with Gasteiger partial charge in [0.25, 0.3) is 0 Å². The van der Waals surface area contributed by atoms with Gasteiger partial charge in [0.1, 0.15) is 5.75 Å². The maximum atomic E-state index is 12.6.